The number of thiophene rings is 1. The number of nitrogens with zero attached hydrogens (tertiary/aromatic N) is 1. The number of anilines is 1. The van der Waals surface area contributed by atoms with E-state index in [9.17, 15) is 0 Å². The average molecular weight is 274 g/mol. The van der Waals surface area contributed by atoms with Crippen LogP contribution in [-0.4, -0.2) is 11.6 Å². The molecule has 0 amide bonds. The Morgan fingerprint density at radius 1 is 1.42 bits per heavy atom. The first-order chi connectivity index (χ1) is 9.36. The van der Waals surface area contributed by atoms with E-state index in [0.29, 0.717) is 18.5 Å². The van der Waals surface area contributed by atoms with Crippen LogP contribution in [0.5, 0.6) is 5.88 Å². The molecule has 1 aliphatic rings. The molecule has 2 heterocycles. The Labute approximate surface area is 117 Å². The molecule has 3 rings (SSSR count). The van der Waals surface area contributed by atoms with Crippen LogP contribution in [0.4, 0.5) is 5.69 Å². The standard InChI is InChI=1S/C15H18N2OS/c1-2-18-15-7-6-11(10-16-15)17-13-4-3-5-14-12(13)8-9-19-14/h6-10,13,17H,2-5H2,1H3. The fraction of sp³-hybridized carbons (Fsp3) is 0.400. The predicted molar refractivity (Wildman–Crippen MR) is 79.0 cm³/mol. The minimum Gasteiger partial charge on any atom is -0.478 e. The number of fused-ring (bicyclic) bond motifs is 1. The molecule has 0 saturated heterocycles. The van der Waals surface area contributed by atoms with E-state index in [1.165, 1.54) is 29.7 Å². The van der Waals surface area contributed by atoms with Crippen LogP contribution in [0.1, 0.15) is 36.2 Å². The molecule has 0 aromatic carbocycles. The van der Waals surface area contributed by atoms with Gasteiger partial charge in [-0.15, -0.1) is 11.3 Å². The molecule has 2 aromatic rings. The molecule has 100 valence electrons. The second-order valence-electron chi connectivity index (χ2n) is 4.71. The van der Waals surface area contributed by atoms with Gasteiger partial charge in [0.2, 0.25) is 5.88 Å². The van der Waals surface area contributed by atoms with Crippen molar-refractivity contribution in [3.8, 4) is 5.88 Å². The molecule has 4 heteroatoms. The molecule has 1 N–H and O–H groups in total. The van der Waals surface area contributed by atoms with Gasteiger partial charge in [-0.3, -0.25) is 0 Å². The average Bonchev–Trinajstić information content (AvgIpc) is 2.91. The van der Waals surface area contributed by atoms with E-state index in [4.69, 9.17) is 4.74 Å². The Balaban J connectivity index is 1.72. The van der Waals surface area contributed by atoms with Gasteiger partial charge in [0.15, 0.2) is 0 Å². The van der Waals surface area contributed by atoms with Gasteiger partial charge in [-0.2, -0.15) is 0 Å². The van der Waals surface area contributed by atoms with E-state index >= 15 is 0 Å². The van der Waals surface area contributed by atoms with Crippen molar-refractivity contribution in [3.05, 3.63) is 40.2 Å². The van der Waals surface area contributed by atoms with Gasteiger partial charge in [0.05, 0.1) is 24.5 Å². The third-order valence-corrected chi connectivity index (χ3v) is 4.42. The van der Waals surface area contributed by atoms with Crippen LogP contribution in [0.3, 0.4) is 0 Å². The molecule has 0 saturated carbocycles. The molecular formula is C15H18N2OS. The first kappa shape index (κ1) is 12.5. The number of hydrogen-bond donors (Lipinski definition) is 1. The molecule has 0 bridgehead atoms. The van der Waals surface area contributed by atoms with Crippen molar-refractivity contribution in [1.29, 1.82) is 0 Å². The zero-order valence-corrected chi connectivity index (χ0v) is 11.9. The van der Waals surface area contributed by atoms with Crippen molar-refractivity contribution in [1.82, 2.24) is 4.98 Å². The van der Waals surface area contributed by atoms with E-state index in [1.807, 2.05) is 36.6 Å². The number of ether oxygens (including phenoxy) is 1. The molecule has 3 nitrogen and oxygen atoms in total. The summed E-state index contributed by atoms with van der Waals surface area (Å²) in [7, 11) is 0. The van der Waals surface area contributed by atoms with Crippen molar-refractivity contribution in [2.75, 3.05) is 11.9 Å². The minimum atomic E-state index is 0.426. The fourth-order valence-corrected chi connectivity index (χ4v) is 3.52. The van der Waals surface area contributed by atoms with Crippen molar-refractivity contribution in [3.63, 3.8) is 0 Å². The van der Waals surface area contributed by atoms with Gasteiger partial charge in [-0.25, -0.2) is 4.98 Å². The number of aryl methyl sites for hydroxylation is 1. The van der Waals surface area contributed by atoms with Crippen molar-refractivity contribution in [2.24, 2.45) is 0 Å². The van der Waals surface area contributed by atoms with Gasteiger partial charge in [0.25, 0.3) is 0 Å². The van der Waals surface area contributed by atoms with E-state index < -0.39 is 0 Å². The zero-order valence-electron chi connectivity index (χ0n) is 11.1. The zero-order chi connectivity index (χ0) is 13.1. The fourth-order valence-electron chi connectivity index (χ4n) is 2.54. The summed E-state index contributed by atoms with van der Waals surface area (Å²) >= 11 is 1.87. The smallest absolute Gasteiger partial charge is 0.213 e. The first-order valence-corrected chi connectivity index (χ1v) is 7.66. The Morgan fingerprint density at radius 3 is 3.16 bits per heavy atom. The molecule has 19 heavy (non-hydrogen) atoms. The molecule has 0 fully saturated rings. The summed E-state index contributed by atoms with van der Waals surface area (Å²) in [6.45, 7) is 2.62. The minimum absolute atomic E-state index is 0.426. The lowest BCUT2D eigenvalue weighted by Gasteiger charge is -2.24. The summed E-state index contributed by atoms with van der Waals surface area (Å²) in [4.78, 5) is 5.83. The highest BCUT2D eigenvalue weighted by molar-refractivity contribution is 7.10. The molecule has 2 aromatic heterocycles. The highest BCUT2D eigenvalue weighted by Gasteiger charge is 2.20. The molecule has 0 aliphatic heterocycles. The lowest BCUT2D eigenvalue weighted by Crippen LogP contribution is -2.15. The Hall–Kier alpha value is -1.55. The van der Waals surface area contributed by atoms with Crippen LogP contribution < -0.4 is 10.1 Å². The highest BCUT2D eigenvalue weighted by atomic mass is 32.1. The lowest BCUT2D eigenvalue weighted by molar-refractivity contribution is 0.327. The van der Waals surface area contributed by atoms with Gasteiger partial charge in [-0.05, 0) is 49.3 Å². The quantitative estimate of drug-likeness (QED) is 0.914. The summed E-state index contributed by atoms with van der Waals surface area (Å²) in [5, 5.41) is 5.78. The van der Waals surface area contributed by atoms with Crippen molar-refractivity contribution < 1.29 is 4.74 Å². The topological polar surface area (TPSA) is 34.1 Å². The van der Waals surface area contributed by atoms with Crippen LogP contribution in [0.15, 0.2) is 29.8 Å². The van der Waals surface area contributed by atoms with Gasteiger partial charge in [0, 0.05) is 10.9 Å². The SMILES string of the molecule is CCOc1ccc(NC2CCCc3sccc32)cn1. The monoisotopic (exact) mass is 274 g/mol. The summed E-state index contributed by atoms with van der Waals surface area (Å²) in [5.74, 6) is 0.688. The third-order valence-electron chi connectivity index (χ3n) is 3.42. The number of hydrogen-bond acceptors (Lipinski definition) is 4. The van der Waals surface area contributed by atoms with Gasteiger partial charge in [-0.1, -0.05) is 0 Å². The molecular weight excluding hydrogens is 256 g/mol. The second kappa shape index (κ2) is 5.61. The van der Waals surface area contributed by atoms with E-state index in [0.717, 1.165) is 5.69 Å². The van der Waals surface area contributed by atoms with Crippen LogP contribution in [0.25, 0.3) is 0 Å². The summed E-state index contributed by atoms with van der Waals surface area (Å²) in [6.07, 6.45) is 5.53. The lowest BCUT2D eigenvalue weighted by atomic mass is 9.94. The molecule has 1 unspecified atom stereocenters. The first-order valence-electron chi connectivity index (χ1n) is 6.78. The van der Waals surface area contributed by atoms with E-state index in [2.05, 4.69) is 21.7 Å². The summed E-state index contributed by atoms with van der Waals surface area (Å²) < 4.78 is 5.36. The van der Waals surface area contributed by atoms with E-state index in [-0.39, 0.29) is 0 Å². The van der Waals surface area contributed by atoms with Crippen LogP contribution in [0, 0.1) is 0 Å². The summed E-state index contributed by atoms with van der Waals surface area (Å²) in [5.41, 5.74) is 2.53. The normalized spacial score (nSPS) is 17.8. The second-order valence-corrected chi connectivity index (χ2v) is 5.71. The molecule has 1 atom stereocenters. The number of nitrogens with one attached hydrogen (secondary N) is 1. The predicted octanol–water partition coefficient (Wildman–Crippen LogP) is 4.03. The number of pyridine rings is 1. The molecule has 0 radical (unpaired) electrons. The maximum Gasteiger partial charge on any atom is 0.213 e. The van der Waals surface area contributed by atoms with Crippen molar-refractivity contribution >= 4 is 17.0 Å². The number of rotatable bonds is 4. The Bertz CT molecular complexity index is 535. The van der Waals surface area contributed by atoms with E-state index in [1.54, 1.807) is 0 Å². The largest absolute Gasteiger partial charge is 0.478 e. The molecule has 0 spiro atoms. The number of aromatic nitrogens is 1. The van der Waals surface area contributed by atoms with Crippen LogP contribution in [-0.2, 0) is 6.42 Å². The van der Waals surface area contributed by atoms with Gasteiger partial charge >= 0.3 is 0 Å². The van der Waals surface area contributed by atoms with Crippen LogP contribution >= 0.6 is 11.3 Å². The Morgan fingerprint density at radius 2 is 2.37 bits per heavy atom. The van der Waals surface area contributed by atoms with Gasteiger partial charge in [0.1, 0.15) is 0 Å². The highest BCUT2D eigenvalue weighted by Crippen LogP contribution is 2.35. The Kier molecular flexibility index (Phi) is 3.69. The van der Waals surface area contributed by atoms with Crippen molar-refractivity contribution in [2.45, 2.75) is 32.2 Å². The molecule has 1 aliphatic carbocycles. The van der Waals surface area contributed by atoms with Gasteiger partial charge < -0.3 is 10.1 Å². The van der Waals surface area contributed by atoms with Crippen LogP contribution in [0.2, 0.25) is 0 Å². The third kappa shape index (κ3) is 2.73. The maximum atomic E-state index is 5.36. The maximum absolute atomic E-state index is 5.36. The summed E-state index contributed by atoms with van der Waals surface area (Å²) in [6, 6.07) is 6.63.